The van der Waals surface area contributed by atoms with Crippen molar-refractivity contribution in [1.29, 1.82) is 0 Å². The molecule has 1 aliphatic carbocycles. The largest absolute Gasteiger partial charge is 0.411 e. The van der Waals surface area contributed by atoms with E-state index in [1.165, 1.54) is 0 Å². The number of oxime groups is 1. The quantitative estimate of drug-likeness (QED) is 0.538. The molecule has 0 saturated heterocycles. The zero-order valence-electron chi connectivity index (χ0n) is 13.3. The van der Waals surface area contributed by atoms with E-state index >= 15 is 0 Å². The van der Waals surface area contributed by atoms with Gasteiger partial charge in [0.05, 0.1) is 17.1 Å². The zero-order valence-corrected chi connectivity index (χ0v) is 13.3. The lowest BCUT2D eigenvalue weighted by molar-refractivity contribution is 0.317. The molecule has 0 atom stereocenters. The van der Waals surface area contributed by atoms with Gasteiger partial charge in [-0.25, -0.2) is 0 Å². The Kier molecular flexibility index (Phi) is 3.83. The molecule has 1 N–H and O–H groups in total. The number of nitrogens with zero attached hydrogens (tertiary/aromatic N) is 2. The molecule has 0 saturated carbocycles. The van der Waals surface area contributed by atoms with Gasteiger partial charge in [-0.1, -0.05) is 65.8 Å². The van der Waals surface area contributed by atoms with Gasteiger partial charge in [-0.05, 0) is 36.5 Å². The lowest BCUT2D eigenvalue weighted by Crippen LogP contribution is -2.16. The van der Waals surface area contributed by atoms with Crippen LogP contribution < -0.4 is 0 Å². The number of fused-ring (bicyclic) bond motifs is 1. The third-order valence-electron chi connectivity index (χ3n) is 4.49. The van der Waals surface area contributed by atoms with Crippen LogP contribution in [0.1, 0.15) is 24.1 Å². The topological polar surface area (TPSA) is 45.5 Å². The summed E-state index contributed by atoms with van der Waals surface area (Å²) in [5.41, 5.74) is 7.03. The fourth-order valence-corrected chi connectivity index (χ4v) is 3.35. The Hall–Kier alpha value is -2.94. The predicted octanol–water partition coefficient (Wildman–Crippen LogP) is 4.93. The Morgan fingerprint density at radius 2 is 1.50 bits per heavy atom. The van der Waals surface area contributed by atoms with Gasteiger partial charge in [0, 0.05) is 11.1 Å². The number of aryl methyl sites for hydroxylation is 1. The van der Waals surface area contributed by atoms with Crippen LogP contribution in [0.15, 0.2) is 71.9 Å². The van der Waals surface area contributed by atoms with Gasteiger partial charge in [0.2, 0.25) is 0 Å². The van der Waals surface area contributed by atoms with Crippen LogP contribution in [0.2, 0.25) is 0 Å². The van der Waals surface area contributed by atoms with Gasteiger partial charge in [0.15, 0.2) is 0 Å². The Balaban J connectivity index is 1.99. The van der Waals surface area contributed by atoms with Gasteiger partial charge < -0.3 is 5.21 Å². The van der Waals surface area contributed by atoms with E-state index in [-0.39, 0.29) is 0 Å². The summed E-state index contributed by atoms with van der Waals surface area (Å²) in [6, 6.07) is 22.6. The summed E-state index contributed by atoms with van der Waals surface area (Å²) >= 11 is 0. The molecule has 2 aromatic carbocycles. The van der Waals surface area contributed by atoms with Gasteiger partial charge in [-0.15, -0.1) is 0 Å². The van der Waals surface area contributed by atoms with E-state index < -0.39 is 0 Å². The average Bonchev–Trinajstić information content (AvgIpc) is 2.68. The summed E-state index contributed by atoms with van der Waals surface area (Å²) in [5, 5.41) is 13.0. The van der Waals surface area contributed by atoms with E-state index in [9.17, 15) is 5.21 Å². The van der Waals surface area contributed by atoms with E-state index in [0.29, 0.717) is 0 Å². The molecule has 0 spiro atoms. The SMILES string of the molecule is ON=C1CCCc2nc(-c3ccccc3)cc(-c3ccccc3)c21. The van der Waals surface area contributed by atoms with Gasteiger partial charge in [-0.3, -0.25) is 4.98 Å². The molecule has 0 unspecified atom stereocenters. The van der Waals surface area contributed by atoms with Gasteiger partial charge in [0.1, 0.15) is 0 Å². The van der Waals surface area contributed by atoms with Crippen LogP contribution in [-0.4, -0.2) is 15.9 Å². The second-order valence-corrected chi connectivity index (χ2v) is 6.01. The van der Waals surface area contributed by atoms with Crippen molar-refractivity contribution in [2.75, 3.05) is 0 Å². The van der Waals surface area contributed by atoms with Crippen molar-refractivity contribution in [2.24, 2.45) is 5.16 Å². The monoisotopic (exact) mass is 314 g/mol. The molecule has 0 aliphatic heterocycles. The van der Waals surface area contributed by atoms with Crippen molar-refractivity contribution < 1.29 is 5.21 Å². The maximum atomic E-state index is 9.46. The van der Waals surface area contributed by atoms with E-state index in [2.05, 4.69) is 35.5 Å². The second kappa shape index (κ2) is 6.28. The highest BCUT2D eigenvalue weighted by atomic mass is 16.4. The van der Waals surface area contributed by atoms with Crippen LogP contribution in [0.5, 0.6) is 0 Å². The molecule has 3 aromatic rings. The molecule has 3 nitrogen and oxygen atoms in total. The van der Waals surface area contributed by atoms with E-state index in [1.54, 1.807) is 0 Å². The Morgan fingerprint density at radius 3 is 2.17 bits per heavy atom. The van der Waals surface area contributed by atoms with Crippen LogP contribution >= 0.6 is 0 Å². The van der Waals surface area contributed by atoms with E-state index in [4.69, 9.17) is 4.98 Å². The molecule has 1 aliphatic rings. The van der Waals surface area contributed by atoms with Gasteiger partial charge in [-0.2, -0.15) is 0 Å². The van der Waals surface area contributed by atoms with Crippen molar-refractivity contribution in [2.45, 2.75) is 19.3 Å². The van der Waals surface area contributed by atoms with Crippen molar-refractivity contribution in [3.8, 4) is 22.4 Å². The van der Waals surface area contributed by atoms with E-state index in [0.717, 1.165) is 58.6 Å². The third kappa shape index (κ3) is 2.58. The maximum absolute atomic E-state index is 9.46. The predicted molar refractivity (Wildman–Crippen MR) is 96.4 cm³/mol. The normalized spacial score (nSPS) is 15.2. The van der Waals surface area contributed by atoms with E-state index in [1.807, 2.05) is 36.4 Å². The first-order chi connectivity index (χ1) is 11.9. The summed E-state index contributed by atoms with van der Waals surface area (Å²) in [6.07, 6.45) is 2.66. The fourth-order valence-electron chi connectivity index (χ4n) is 3.35. The van der Waals surface area contributed by atoms with Gasteiger partial charge >= 0.3 is 0 Å². The second-order valence-electron chi connectivity index (χ2n) is 6.01. The molecule has 0 bridgehead atoms. The van der Waals surface area contributed by atoms with Crippen LogP contribution in [0.3, 0.4) is 0 Å². The standard InChI is InChI=1S/C21H18N2O/c24-23-19-13-7-12-18-21(19)17(15-8-3-1-4-9-15)14-20(22-18)16-10-5-2-6-11-16/h1-6,8-11,14,24H,7,12-13H2. The average molecular weight is 314 g/mol. The molecule has 0 fully saturated rings. The number of aromatic nitrogens is 1. The highest BCUT2D eigenvalue weighted by Crippen LogP contribution is 2.34. The highest BCUT2D eigenvalue weighted by Gasteiger charge is 2.23. The molecule has 1 heterocycles. The third-order valence-corrected chi connectivity index (χ3v) is 4.49. The van der Waals surface area contributed by atoms with Crippen LogP contribution in [0.4, 0.5) is 0 Å². The number of pyridine rings is 1. The van der Waals surface area contributed by atoms with Crippen molar-refractivity contribution in [1.82, 2.24) is 4.98 Å². The first-order valence-electron chi connectivity index (χ1n) is 8.23. The zero-order chi connectivity index (χ0) is 16.4. The molecule has 0 amide bonds. The summed E-state index contributed by atoms with van der Waals surface area (Å²) in [6.45, 7) is 0. The summed E-state index contributed by atoms with van der Waals surface area (Å²) in [4.78, 5) is 4.88. The lowest BCUT2D eigenvalue weighted by Gasteiger charge is -2.21. The van der Waals surface area contributed by atoms with Crippen molar-refractivity contribution >= 4 is 5.71 Å². The summed E-state index contributed by atoms with van der Waals surface area (Å²) in [7, 11) is 0. The first-order valence-corrected chi connectivity index (χ1v) is 8.23. The Morgan fingerprint density at radius 1 is 0.833 bits per heavy atom. The van der Waals surface area contributed by atoms with Gasteiger partial charge in [0.25, 0.3) is 0 Å². The number of rotatable bonds is 2. The fraction of sp³-hybridized carbons (Fsp3) is 0.143. The minimum Gasteiger partial charge on any atom is -0.411 e. The molecule has 3 heteroatoms. The maximum Gasteiger partial charge on any atom is 0.0892 e. The molecule has 1 aromatic heterocycles. The number of hydrogen-bond donors (Lipinski definition) is 1. The molecule has 0 radical (unpaired) electrons. The highest BCUT2D eigenvalue weighted by molar-refractivity contribution is 6.07. The number of hydrogen-bond acceptors (Lipinski definition) is 3. The number of benzene rings is 2. The van der Waals surface area contributed by atoms with Crippen molar-refractivity contribution in [3.63, 3.8) is 0 Å². The summed E-state index contributed by atoms with van der Waals surface area (Å²) < 4.78 is 0. The molecule has 118 valence electrons. The lowest BCUT2D eigenvalue weighted by atomic mass is 9.86. The van der Waals surface area contributed by atoms with Crippen LogP contribution in [0, 0.1) is 0 Å². The minimum atomic E-state index is 0.738. The minimum absolute atomic E-state index is 0.738. The first kappa shape index (κ1) is 14.6. The Bertz CT molecular complexity index is 886. The van der Waals surface area contributed by atoms with Crippen LogP contribution in [-0.2, 0) is 6.42 Å². The van der Waals surface area contributed by atoms with Crippen molar-refractivity contribution in [3.05, 3.63) is 78.0 Å². The molecular formula is C21H18N2O. The Labute approximate surface area is 141 Å². The molecular weight excluding hydrogens is 296 g/mol. The molecule has 24 heavy (non-hydrogen) atoms. The molecule has 4 rings (SSSR count). The smallest absolute Gasteiger partial charge is 0.0892 e. The van der Waals surface area contributed by atoms with Crippen LogP contribution in [0.25, 0.3) is 22.4 Å². The summed E-state index contributed by atoms with van der Waals surface area (Å²) in [5.74, 6) is 0.